The zero-order valence-corrected chi connectivity index (χ0v) is 13.6. The minimum atomic E-state index is 0.0548. The average Bonchev–Trinajstić information content (AvgIpc) is 2.89. The third-order valence-corrected chi connectivity index (χ3v) is 4.96. The first kappa shape index (κ1) is 15.0. The molecule has 0 bridgehead atoms. The number of fused-ring (bicyclic) bond motifs is 1. The van der Waals surface area contributed by atoms with E-state index in [-0.39, 0.29) is 11.9 Å². The van der Waals surface area contributed by atoms with Crippen LogP contribution < -0.4 is 10.6 Å². The molecule has 1 aliphatic rings. The molecule has 1 atom stereocenters. The summed E-state index contributed by atoms with van der Waals surface area (Å²) in [5.41, 5.74) is 2.54. The summed E-state index contributed by atoms with van der Waals surface area (Å²) in [5.74, 6) is 0.0548. The van der Waals surface area contributed by atoms with Gasteiger partial charge in [-0.1, -0.05) is 30.3 Å². The maximum Gasteiger partial charge on any atom is 0.217 e. The predicted octanol–water partition coefficient (Wildman–Crippen LogP) is 2.79. The molecule has 1 aliphatic carbocycles. The van der Waals surface area contributed by atoms with E-state index in [1.165, 1.54) is 16.1 Å². The van der Waals surface area contributed by atoms with Crippen LogP contribution in [0.3, 0.4) is 0 Å². The molecule has 1 aromatic heterocycles. The van der Waals surface area contributed by atoms with E-state index in [2.05, 4.69) is 34.9 Å². The van der Waals surface area contributed by atoms with Crippen molar-refractivity contribution in [1.29, 1.82) is 0 Å². The Morgan fingerprint density at radius 3 is 2.95 bits per heavy atom. The van der Waals surface area contributed by atoms with Gasteiger partial charge in [-0.3, -0.25) is 4.79 Å². The number of aryl methyl sites for hydroxylation is 1. The number of benzene rings is 1. The second-order valence-corrected chi connectivity index (χ2v) is 6.78. The van der Waals surface area contributed by atoms with Crippen LogP contribution in [0.15, 0.2) is 30.3 Å². The van der Waals surface area contributed by atoms with Gasteiger partial charge in [-0.2, -0.15) is 0 Å². The number of nitrogens with one attached hydrogen (secondary N) is 2. The van der Waals surface area contributed by atoms with Crippen LogP contribution in [0.25, 0.3) is 0 Å². The van der Waals surface area contributed by atoms with Crippen LogP contribution in [0.1, 0.15) is 29.5 Å². The summed E-state index contributed by atoms with van der Waals surface area (Å²) < 4.78 is 0. The number of amides is 1. The third-order valence-electron chi connectivity index (χ3n) is 3.88. The zero-order valence-electron chi connectivity index (χ0n) is 12.8. The third kappa shape index (κ3) is 3.85. The molecular formula is C17H21N3OS. The quantitative estimate of drug-likeness (QED) is 0.892. The topological polar surface area (TPSA) is 54.0 Å². The first-order valence-electron chi connectivity index (χ1n) is 7.74. The van der Waals surface area contributed by atoms with E-state index in [0.717, 1.165) is 37.4 Å². The Bertz CT molecular complexity index is 639. The normalized spacial score (nSPS) is 16.9. The van der Waals surface area contributed by atoms with Gasteiger partial charge >= 0.3 is 0 Å². The first-order valence-corrected chi connectivity index (χ1v) is 8.56. The molecule has 0 saturated carbocycles. The van der Waals surface area contributed by atoms with Crippen molar-refractivity contribution >= 4 is 22.4 Å². The molecular weight excluding hydrogens is 294 g/mol. The molecule has 116 valence electrons. The van der Waals surface area contributed by atoms with E-state index in [1.807, 2.05) is 6.07 Å². The fourth-order valence-electron chi connectivity index (χ4n) is 2.82. The fraction of sp³-hybridized carbons (Fsp3) is 0.412. The van der Waals surface area contributed by atoms with E-state index in [0.29, 0.717) is 0 Å². The van der Waals surface area contributed by atoms with Crippen molar-refractivity contribution in [2.24, 2.45) is 0 Å². The van der Waals surface area contributed by atoms with Gasteiger partial charge < -0.3 is 10.6 Å². The average molecular weight is 315 g/mol. The number of aromatic nitrogens is 1. The SMILES string of the molecule is CC(=O)NC1CCc2nc(NCCc3ccccc3)sc2C1. The molecule has 1 amide bonds. The molecule has 4 nitrogen and oxygen atoms in total. The standard InChI is InChI=1S/C17H21N3OS/c1-12(21)19-14-7-8-15-16(11-14)22-17(20-15)18-10-9-13-5-3-2-4-6-13/h2-6,14H,7-11H2,1H3,(H,18,20)(H,19,21). The summed E-state index contributed by atoms with van der Waals surface area (Å²) >= 11 is 1.73. The van der Waals surface area contributed by atoms with E-state index in [9.17, 15) is 4.79 Å². The van der Waals surface area contributed by atoms with Crippen molar-refractivity contribution in [3.63, 3.8) is 0 Å². The van der Waals surface area contributed by atoms with Crippen LogP contribution >= 0.6 is 11.3 Å². The molecule has 0 aliphatic heterocycles. The second-order valence-electron chi connectivity index (χ2n) is 5.69. The Hall–Kier alpha value is -1.88. The lowest BCUT2D eigenvalue weighted by molar-refractivity contribution is -0.119. The second kappa shape index (κ2) is 6.92. The van der Waals surface area contributed by atoms with Crippen molar-refractivity contribution < 1.29 is 4.79 Å². The highest BCUT2D eigenvalue weighted by Crippen LogP contribution is 2.29. The van der Waals surface area contributed by atoms with Gasteiger partial charge in [0.2, 0.25) is 5.91 Å². The Kier molecular flexibility index (Phi) is 4.73. The van der Waals surface area contributed by atoms with E-state index >= 15 is 0 Å². The molecule has 0 fully saturated rings. The summed E-state index contributed by atoms with van der Waals surface area (Å²) in [5, 5.41) is 7.45. The molecule has 5 heteroatoms. The molecule has 1 heterocycles. The minimum Gasteiger partial charge on any atom is -0.361 e. The largest absolute Gasteiger partial charge is 0.361 e. The smallest absolute Gasteiger partial charge is 0.217 e. The fourth-order valence-corrected chi connectivity index (χ4v) is 3.93. The Morgan fingerprint density at radius 2 is 2.18 bits per heavy atom. The lowest BCUT2D eigenvalue weighted by Crippen LogP contribution is -2.37. The molecule has 2 N–H and O–H groups in total. The van der Waals surface area contributed by atoms with Crippen LogP contribution in [0.5, 0.6) is 0 Å². The summed E-state index contributed by atoms with van der Waals surface area (Å²) in [6.07, 6.45) is 3.85. The number of nitrogens with zero attached hydrogens (tertiary/aromatic N) is 1. The number of hydrogen-bond acceptors (Lipinski definition) is 4. The minimum absolute atomic E-state index is 0.0548. The number of hydrogen-bond donors (Lipinski definition) is 2. The van der Waals surface area contributed by atoms with E-state index < -0.39 is 0 Å². The lowest BCUT2D eigenvalue weighted by atomic mass is 9.98. The van der Waals surface area contributed by atoms with Gasteiger partial charge in [-0.25, -0.2) is 4.98 Å². The highest BCUT2D eigenvalue weighted by molar-refractivity contribution is 7.15. The van der Waals surface area contributed by atoms with Crippen molar-refractivity contribution in [2.45, 2.75) is 38.6 Å². The first-order chi connectivity index (χ1) is 10.7. The van der Waals surface area contributed by atoms with Crippen LogP contribution in [-0.4, -0.2) is 23.5 Å². The lowest BCUT2D eigenvalue weighted by Gasteiger charge is -2.21. The van der Waals surface area contributed by atoms with Gasteiger partial charge in [0, 0.05) is 30.8 Å². The Balaban J connectivity index is 1.54. The summed E-state index contributed by atoms with van der Waals surface area (Å²) in [4.78, 5) is 17.2. The molecule has 0 spiro atoms. The van der Waals surface area contributed by atoms with Gasteiger partial charge in [0.25, 0.3) is 0 Å². The van der Waals surface area contributed by atoms with E-state index in [4.69, 9.17) is 4.98 Å². The number of carbonyl (C=O) groups is 1. The molecule has 22 heavy (non-hydrogen) atoms. The Labute approximate surface area is 135 Å². The summed E-state index contributed by atoms with van der Waals surface area (Å²) in [7, 11) is 0. The van der Waals surface area contributed by atoms with Gasteiger partial charge in [0.05, 0.1) is 5.69 Å². The van der Waals surface area contributed by atoms with Gasteiger partial charge in [-0.15, -0.1) is 11.3 Å². The molecule has 0 radical (unpaired) electrons. The number of rotatable bonds is 5. The summed E-state index contributed by atoms with van der Waals surface area (Å²) in [6, 6.07) is 10.7. The van der Waals surface area contributed by atoms with Crippen molar-refractivity contribution in [3.8, 4) is 0 Å². The molecule has 0 saturated heterocycles. The monoisotopic (exact) mass is 315 g/mol. The predicted molar refractivity (Wildman–Crippen MR) is 90.4 cm³/mol. The molecule has 1 unspecified atom stereocenters. The maximum absolute atomic E-state index is 11.2. The van der Waals surface area contributed by atoms with Crippen LogP contribution in [0.4, 0.5) is 5.13 Å². The molecule has 1 aromatic carbocycles. The Morgan fingerprint density at radius 1 is 1.36 bits per heavy atom. The highest BCUT2D eigenvalue weighted by Gasteiger charge is 2.22. The summed E-state index contributed by atoms with van der Waals surface area (Å²) in [6.45, 7) is 2.48. The van der Waals surface area contributed by atoms with Crippen LogP contribution in [0.2, 0.25) is 0 Å². The van der Waals surface area contributed by atoms with Crippen molar-refractivity contribution in [3.05, 3.63) is 46.5 Å². The molecule has 2 aromatic rings. The van der Waals surface area contributed by atoms with Gasteiger partial charge in [0.1, 0.15) is 0 Å². The molecule has 3 rings (SSSR count). The van der Waals surface area contributed by atoms with Crippen molar-refractivity contribution in [2.75, 3.05) is 11.9 Å². The van der Waals surface area contributed by atoms with Gasteiger partial charge in [-0.05, 0) is 24.8 Å². The number of thiazole rings is 1. The van der Waals surface area contributed by atoms with Gasteiger partial charge in [0.15, 0.2) is 5.13 Å². The zero-order chi connectivity index (χ0) is 15.4. The maximum atomic E-state index is 11.2. The number of anilines is 1. The van der Waals surface area contributed by atoms with E-state index in [1.54, 1.807) is 18.3 Å². The van der Waals surface area contributed by atoms with Crippen LogP contribution in [-0.2, 0) is 24.1 Å². The van der Waals surface area contributed by atoms with Crippen molar-refractivity contribution in [1.82, 2.24) is 10.3 Å². The van der Waals surface area contributed by atoms with Crippen LogP contribution in [0, 0.1) is 0 Å². The number of carbonyl (C=O) groups excluding carboxylic acids is 1. The highest BCUT2D eigenvalue weighted by atomic mass is 32.1.